The second-order valence-electron chi connectivity index (χ2n) is 9.54. The summed E-state index contributed by atoms with van der Waals surface area (Å²) in [6.45, 7) is 23.7. The molecule has 23 heavy (non-hydrogen) atoms. The van der Waals surface area contributed by atoms with E-state index in [0.29, 0.717) is 5.92 Å². The molecule has 0 aliphatic heterocycles. The highest BCUT2D eigenvalue weighted by Gasteiger charge is 2.51. The van der Waals surface area contributed by atoms with Crippen LogP contribution in [0.4, 0.5) is 0 Å². The fraction of sp³-hybridized carbons (Fsp3) is 0.857. The number of allylic oxidation sites excluding steroid dienone is 2. The summed E-state index contributed by atoms with van der Waals surface area (Å²) in [7, 11) is 0. The molecule has 0 saturated carbocycles. The third kappa shape index (κ3) is 6.31. The summed E-state index contributed by atoms with van der Waals surface area (Å²) in [6, 6.07) is 0. The van der Waals surface area contributed by atoms with Crippen LogP contribution in [0.5, 0.6) is 0 Å². The van der Waals surface area contributed by atoms with Crippen molar-refractivity contribution in [3.8, 4) is 0 Å². The van der Waals surface area contributed by atoms with Crippen molar-refractivity contribution >= 4 is 5.97 Å². The average molecular weight is 325 g/mol. The summed E-state index contributed by atoms with van der Waals surface area (Å²) < 4.78 is 6.07. The number of carbonyl (C=O) groups is 1. The molecule has 0 fully saturated rings. The third-order valence-electron chi connectivity index (χ3n) is 5.01. The summed E-state index contributed by atoms with van der Waals surface area (Å²) in [5.41, 5.74) is 0.957. The zero-order chi connectivity index (χ0) is 18.6. The van der Waals surface area contributed by atoms with Crippen molar-refractivity contribution in [1.29, 1.82) is 0 Å². The van der Waals surface area contributed by atoms with Gasteiger partial charge in [0, 0.05) is 18.8 Å². The maximum absolute atomic E-state index is 11.9. The van der Waals surface area contributed by atoms with E-state index in [1.807, 2.05) is 0 Å². The van der Waals surface area contributed by atoms with Crippen molar-refractivity contribution in [2.45, 2.75) is 94.6 Å². The SMILES string of the molecule is CCC(C(C)(C)C)C(C)(OC(C)=O)C(CC=C(C)C)C(C)(C)C. The van der Waals surface area contributed by atoms with Crippen LogP contribution in [0.3, 0.4) is 0 Å². The third-order valence-corrected chi connectivity index (χ3v) is 5.01. The van der Waals surface area contributed by atoms with Gasteiger partial charge < -0.3 is 4.74 Å². The minimum Gasteiger partial charge on any atom is -0.459 e. The maximum Gasteiger partial charge on any atom is 0.303 e. The van der Waals surface area contributed by atoms with Gasteiger partial charge in [-0.15, -0.1) is 0 Å². The van der Waals surface area contributed by atoms with Gasteiger partial charge in [0.1, 0.15) is 5.60 Å². The lowest BCUT2D eigenvalue weighted by atomic mass is 9.59. The standard InChI is InChI=1S/C21H40O2/c1-12-17(19(5,6)7)21(11,23-16(4)22)18(20(8,9)10)14-13-15(2)3/h13,17-18H,12,14H2,1-11H3. The van der Waals surface area contributed by atoms with E-state index in [1.54, 1.807) is 0 Å². The van der Waals surface area contributed by atoms with Gasteiger partial charge in [0.25, 0.3) is 0 Å². The summed E-state index contributed by atoms with van der Waals surface area (Å²) >= 11 is 0. The van der Waals surface area contributed by atoms with Gasteiger partial charge in [-0.3, -0.25) is 4.79 Å². The van der Waals surface area contributed by atoms with Crippen LogP contribution < -0.4 is 0 Å². The minimum atomic E-state index is -0.483. The summed E-state index contributed by atoms with van der Waals surface area (Å²) in [5.74, 6) is 0.383. The lowest BCUT2D eigenvalue weighted by molar-refractivity contribution is -0.185. The number of ether oxygens (including phenoxy) is 1. The lowest BCUT2D eigenvalue weighted by Gasteiger charge is -2.52. The second kappa shape index (κ2) is 7.85. The zero-order valence-corrected chi connectivity index (χ0v) is 17.5. The van der Waals surface area contributed by atoms with E-state index in [4.69, 9.17) is 4.74 Å². The number of hydrogen-bond acceptors (Lipinski definition) is 2. The lowest BCUT2D eigenvalue weighted by Crippen LogP contribution is -2.54. The Morgan fingerprint density at radius 1 is 0.913 bits per heavy atom. The van der Waals surface area contributed by atoms with Gasteiger partial charge in [-0.1, -0.05) is 60.1 Å². The first kappa shape index (κ1) is 22.2. The number of esters is 1. The zero-order valence-electron chi connectivity index (χ0n) is 17.5. The topological polar surface area (TPSA) is 26.3 Å². The van der Waals surface area contributed by atoms with Crippen LogP contribution in [-0.4, -0.2) is 11.6 Å². The molecule has 0 aliphatic rings. The summed E-state index contributed by atoms with van der Waals surface area (Å²) in [5, 5.41) is 0. The van der Waals surface area contributed by atoms with Crippen LogP contribution in [0.2, 0.25) is 0 Å². The Kier molecular flexibility index (Phi) is 7.59. The van der Waals surface area contributed by atoms with Crippen LogP contribution in [-0.2, 0) is 9.53 Å². The molecule has 0 aromatic carbocycles. The molecule has 3 unspecified atom stereocenters. The molecule has 0 amide bonds. The Morgan fingerprint density at radius 3 is 1.61 bits per heavy atom. The number of carbonyl (C=O) groups excluding carboxylic acids is 1. The highest BCUT2D eigenvalue weighted by molar-refractivity contribution is 5.66. The van der Waals surface area contributed by atoms with Crippen LogP contribution in [0.25, 0.3) is 0 Å². The Morgan fingerprint density at radius 2 is 1.35 bits per heavy atom. The molecular formula is C21H40O2. The molecule has 0 spiro atoms. The first-order valence-electron chi connectivity index (χ1n) is 8.99. The predicted molar refractivity (Wildman–Crippen MR) is 100 cm³/mol. The average Bonchev–Trinajstić information content (AvgIpc) is 2.23. The fourth-order valence-electron chi connectivity index (χ4n) is 4.37. The maximum atomic E-state index is 11.9. The Balaban J connectivity index is 6.14. The molecule has 2 heteroatoms. The van der Waals surface area contributed by atoms with E-state index >= 15 is 0 Å². The van der Waals surface area contributed by atoms with Crippen LogP contribution in [0.15, 0.2) is 11.6 Å². The molecule has 0 heterocycles. The van der Waals surface area contributed by atoms with Gasteiger partial charge in [0.15, 0.2) is 0 Å². The molecule has 2 nitrogen and oxygen atoms in total. The van der Waals surface area contributed by atoms with Gasteiger partial charge in [-0.05, 0) is 44.4 Å². The molecule has 136 valence electrons. The van der Waals surface area contributed by atoms with Crippen molar-refractivity contribution in [3.05, 3.63) is 11.6 Å². The minimum absolute atomic E-state index is 0.0504. The molecule has 0 aromatic heterocycles. The van der Waals surface area contributed by atoms with Crippen molar-refractivity contribution in [2.75, 3.05) is 0 Å². The normalized spacial score (nSPS) is 17.9. The molecule has 0 N–H and O–H groups in total. The van der Waals surface area contributed by atoms with Gasteiger partial charge in [0.2, 0.25) is 0 Å². The Labute approximate surface area is 145 Å². The summed E-state index contributed by atoms with van der Waals surface area (Å²) in [4.78, 5) is 11.9. The van der Waals surface area contributed by atoms with E-state index in [0.717, 1.165) is 12.8 Å². The van der Waals surface area contributed by atoms with Gasteiger partial charge in [-0.25, -0.2) is 0 Å². The van der Waals surface area contributed by atoms with Crippen molar-refractivity contribution < 1.29 is 9.53 Å². The van der Waals surface area contributed by atoms with Crippen LogP contribution >= 0.6 is 0 Å². The van der Waals surface area contributed by atoms with Crippen molar-refractivity contribution in [1.82, 2.24) is 0 Å². The molecule has 0 bridgehead atoms. The summed E-state index contributed by atoms with van der Waals surface area (Å²) in [6.07, 6.45) is 4.21. The monoisotopic (exact) mass is 324 g/mol. The molecule has 0 rings (SSSR count). The Hall–Kier alpha value is -0.790. The molecule has 0 radical (unpaired) electrons. The van der Waals surface area contributed by atoms with Crippen molar-refractivity contribution in [2.24, 2.45) is 22.7 Å². The Bertz CT molecular complexity index is 416. The van der Waals surface area contributed by atoms with E-state index in [9.17, 15) is 4.79 Å². The molecule has 3 atom stereocenters. The fourth-order valence-corrected chi connectivity index (χ4v) is 4.37. The molecule has 0 aliphatic carbocycles. The smallest absolute Gasteiger partial charge is 0.303 e. The van der Waals surface area contributed by atoms with Gasteiger partial charge in [-0.2, -0.15) is 0 Å². The first-order chi connectivity index (χ1) is 10.2. The van der Waals surface area contributed by atoms with E-state index in [2.05, 4.69) is 75.3 Å². The van der Waals surface area contributed by atoms with Crippen LogP contribution in [0, 0.1) is 22.7 Å². The second-order valence-corrected chi connectivity index (χ2v) is 9.54. The van der Waals surface area contributed by atoms with Gasteiger partial charge >= 0.3 is 5.97 Å². The van der Waals surface area contributed by atoms with Crippen LogP contribution in [0.1, 0.15) is 89.0 Å². The quantitative estimate of drug-likeness (QED) is 0.417. The molecule has 0 aromatic rings. The predicted octanol–water partition coefficient (Wildman–Crippen LogP) is 6.40. The highest BCUT2D eigenvalue weighted by Crippen LogP contribution is 2.50. The number of hydrogen-bond donors (Lipinski definition) is 0. The molecule has 0 saturated heterocycles. The van der Waals surface area contributed by atoms with E-state index in [-0.39, 0.29) is 22.7 Å². The van der Waals surface area contributed by atoms with Crippen molar-refractivity contribution in [3.63, 3.8) is 0 Å². The largest absolute Gasteiger partial charge is 0.459 e. The van der Waals surface area contributed by atoms with E-state index in [1.165, 1.54) is 12.5 Å². The van der Waals surface area contributed by atoms with Gasteiger partial charge in [0.05, 0.1) is 0 Å². The first-order valence-corrected chi connectivity index (χ1v) is 8.99. The molecular weight excluding hydrogens is 284 g/mol. The highest BCUT2D eigenvalue weighted by atomic mass is 16.6. The van der Waals surface area contributed by atoms with E-state index < -0.39 is 5.60 Å². The number of rotatable bonds is 6.